The van der Waals surface area contributed by atoms with E-state index in [1.54, 1.807) is 22.9 Å². The molecule has 12 heteroatoms. The Morgan fingerprint density at radius 1 is 1.19 bits per heavy atom. The number of hydrogen-bond acceptors (Lipinski definition) is 7. The summed E-state index contributed by atoms with van der Waals surface area (Å²) < 4.78 is 53.2. The third-order valence-electron chi connectivity index (χ3n) is 4.44. The molecule has 1 atom stereocenters. The first kappa shape index (κ1) is 20.4. The standard InChI is InChI=1S/C19H15F3N4O5/c20-19(21,22)31-15-4-1-13(2-5-15)14-3-6-17(23-7-14)29-10-12-8-25-9-16(26(27)28)24-18(25)30-11-12/h1-7,9,12H,8,10-11H2. The molecule has 0 bridgehead atoms. The van der Waals surface area contributed by atoms with Crippen LogP contribution in [0.2, 0.25) is 0 Å². The minimum atomic E-state index is -4.74. The van der Waals surface area contributed by atoms with Crippen LogP contribution < -0.4 is 14.2 Å². The summed E-state index contributed by atoms with van der Waals surface area (Å²) in [7, 11) is 0. The van der Waals surface area contributed by atoms with Crippen LogP contribution in [0.4, 0.5) is 19.0 Å². The maximum Gasteiger partial charge on any atom is 0.573 e. The minimum Gasteiger partial charge on any atom is -0.477 e. The smallest absolute Gasteiger partial charge is 0.477 e. The van der Waals surface area contributed by atoms with Crippen LogP contribution in [0.3, 0.4) is 0 Å². The van der Waals surface area contributed by atoms with Gasteiger partial charge in [-0.15, -0.1) is 13.2 Å². The lowest BCUT2D eigenvalue weighted by molar-refractivity contribution is -0.389. The molecule has 1 aliphatic rings. The monoisotopic (exact) mass is 436 g/mol. The summed E-state index contributed by atoms with van der Waals surface area (Å²) in [6.45, 7) is 1.04. The van der Waals surface area contributed by atoms with Crippen LogP contribution in [-0.4, -0.2) is 39.0 Å². The van der Waals surface area contributed by atoms with E-state index >= 15 is 0 Å². The number of alkyl halides is 3. The molecule has 162 valence electrons. The first-order valence-corrected chi connectivity index (χ1v) is 9.06. The Balaban J connectivity index is 1.33. The summed E-state index contributed by atoms with van der Waals surface area (Å²) in [6, 6.07) is 9.04. The fourth-order valence-electron chi connectivity index (χ4n) is 3.03. The molecule has 3 aromatic rings. The molecule has 31 heavy (non-hydrogen) atoms. The Morgan fingerprint density at radius 2 is 1.94 bits per heavy atom. The van der Waals surface area contributed by atoms with Crippen molar-refractivity contribution in [2.75, 3.05) is 13.2 Å². The number of halogens is 3. The van der Waals surface area contributed by atoms with Crippen molar-refractivity contribution in [3.63, 3.8) is 0 Å². The van der Waals surface area contributed by atoms with Crippen LogP contribution in [0.25, 0.3) is 11.1 Å². The summed E-state index contributed by atoms with van der Waals surface area (Å²) in [5, 5.41) is 10.8. The Labute approximate surface area is 173 Å². The van der Waals surface area contributed by atoms with E-state index in [-0.39, 0.29) is 30.1 Å². The zero-order valence-electron chi connectivity index (χ0n) is 15.8. The number of fused-ring (bicyclic) bond motifs is 1. The van der Waals surface area contributed by atoms with Crippen molar-refractivity contribution in [3.05, 3.63) is 58.9 Å². The van der Waals surface area contributed by atoms with Crippen LogP contribution in [0.5, 0.6) is 17.6 Å². The Morgan fingerprint density at radius 3 is 2.58 bits per heavy atom. The lowest BCUT2D eigenvalue weighted by atomic mass is 10.1. The second-order valence-electron chi connectivity index (χ2n) is 6.74. The average molecular weight is 436 g/mol. The van der Waals surface area contributed by atoms with E-state index in [4.69, 9.17) is 9.47 Å². The quantitative estimate of drug-likeness (QED) is 0.427. The van der Waals surface area contributed by atoms with Crippen molar-refractivity contribution < 1.29 is 32.3 Å². The van der Waals surface area contributed by atoms with Crippen LogP contribution in [-0.2, 0) is 6.54 Å². The van der Waals surface area contributed by atoms with Crippen LogP contribution >= 0.6 is 0 Å². The zero-order chi connectivity index (χ0) is 22.0. The van der Waals surface area contributed by atoms with Gasteiger partial charge in [0.1, 0.15) is 18.6 Å². The summed E-state index contributed by atoms with van der Waals surface area (Å²) in [5.41, 5.74) is 1.37. The maximum atomic E-state index is 12.2. The van der Waals surface area contributed by atoms with Gasteiger partial charge < -0.3 is 24.3 Å². The van der Waals surface area contributed by atoms with E-state index in [1.807, 2.05) is 0 Å². The molecule has 0 saturated heterocycles. The Kier molecular flexibility index (Phi) is 5.36. The first-order chi connectivity index (χ1) is 14.8. The highest BCUT2D eigenvalue weighted by Gasteiger charge is 2.31. The lowest BCUT2D eigenvalue weighted by Gasteiger charge is -2.21. The number of pyridine rings is 1. The molecule has 1 aromatic carbocycles. The number of aromatic nitrogens is 3. The minimum absolute atomic E-state index is 0.0519. The summed E-state index contributed by atoms with van der Waals surface area (Å²) in [4.78, 5) is 18.2. The summed E-state index contributed by atoms with van der Waals surface area (Å²) in [6.07, 6.45) is -1.87. The van der Waals surface area contributed by atoms with E-state index in [1.165, 1.54) is 30.5 Å². The molecule has 4 rings (SSSR count). The number of nitro groups is 1. The highest BCUT2D eigenvalue weighted by atomic mass is 19.4. The molecular formula is C19H15F3N4O5. The van der Waals surface area contributed by atoms with E-state index in [2.05, 4.69) is 14.7 Å². The molecular weight excluding hydrogens is 421 g/mol. The highest BCUT2D eigenvalue weighted by Crippen LogP contribution is 2.27. The molecule has 3 heterocycles. The van der Waals surface area contributed by atoms with Gasteiger partial charge in [0.15, 0.2) is 0 Å². The summed E-state index contributed by atoms with van der Waals surface area (Å²) >= 11 is 0. The number of ether oxygens (including phenoxy) is 3. The van der Waals surface area contributed by atoms with Gasteiger partial charge >= 0.3 is 18.2 Å². The third-order valence-corrected chi connectivity index (χ3v) is 4.44. The molecule has 0 saturated carbocycles. The van der Waals surface area contributed by atoms with Crippen molar-refractivity contribution in [2.45, 2.75) is 12.9 Å². The van der Waals surface area contributed by atoms with Gasteiger partial charge in [0.25, 0.3) is 0 Å². The van der Waals surface area contributed by atoms with Crippen LogP contribution in [0.1, 0.15) is 0 Å². The van der Waals surface area contributed by atoms with Gasteiger partial charge in [-0.3, -0.25) is 4.57 Å². The van der Waals surface area contributed by atoms with E-state index in [0.717, 1.165) is 0 Å². The molecule has 9 nitrogen and oxygen atoms in total. The third kappa shape index (κ3) is 5.02. The Hall–Kier alpha value is -3.83. The second-order valence-corrected chi connectivity index (χ2v) is 6.74. The van der Waals surface area contributed by atoms with Crippen molar-refractivity contribution >= 4 is 5.82 Å². The van der Waals surface area contributed by atoms with Crippen LogP contribution in [0.15, 0.2) is 48.8 Å². The van der Waals surface area contributed by atoms with Crippen molar-refractivity contribution in [2.24, 2.45) is 5.92 Å². The van der Waals surface area contributed by atoms with Gasteiger partial charge in [-0.05, 0) is 28.7 Å². The van der Waals surface area contributed by atoms with Crippen molar-refractivity contribution in [1.29, 1.82) is 0 Å². The lowest BCUT2D eigenvalue weighted by Crippen LogP contribution is -2.29. The Bertz CT molecular complexity index is 1070. The predicted molar refractivity (Wildman–Crippen MR) is 99.7 cm³/mol. The highest BCUT2D eigenvalue weighted by molar-refractivity contribution is 5.63. The molecule has 0 aliphatic carbocycles. The predicted octanol–water partition coefficient (Wildman–Crippen LogP) is 3.84. The number of imidazole rings is 1. The van der Waals surface area contributed by atoms with E-state index in [0.29, 0.717) is 30.2 Å². The maximum absolute atomic E-state index is 12.2. The first-order valence-electron chi connectivity index (χ1n) is 9.06. The molecule has 1 unspecified atom stereocenters. The number of benzene rings is 1. The fourth-order valence-corrected chi connectivity index (χ4v) is 3.03. The largest absolute Gasteiger partial charge is 0.573 e. The molecule has 0 radical (unpaired) electrons. The molecule has 2 aromatic heterocycles. The number of rotatable bonds is 6. The zero-order valence-corrected chi connectivity index (χ0v) is 15.8. The molecule has 0 spiro atoms. The summed E-state index contributed by atoms with van der Waals surface area (Å²) in [5.74, 6) is -0.260. The number of hydrogen-bond donors (Lipinski definition) is 0. The normalized spacial score (nSPS) is 15.6. The van der Waals surface area contributed by atoms with E-state index in [9.17, 15) is 23.3 Å². The van der Waals surface area contributed by atoms with Gasteiger partial charge in [-0.1, -0.05) is 12.1 Å². The van der Waals surface area contributed by atoms with Gasteiger partial charge in [0.05, 0.1) is 6.61 Å². The van der Waals surface area contributed by atoms with Crippen LogP contribution in [0, 0.1) is 16.0 Å². The van der Waals surface area contributed by atoms with Gasteiger partial charge in [0.2, 0.25) is 5.88 Å². The fraction of sp³-hybridized carbons (Fsp3) is 0.263. The average Bonchev–Trinajstić information content (AvgIpc) is 3.16. The molecule has 0 N–H and O–H groups in total. The molecule has 0 amide bonds. The van der Waals surface area contributed by atoms with E-state index < -0.39 is 11.3 Å². The topological polar surface area (TPSA) is 102 Å². The number of nitrogens with zero attached hydrogens (tertiary/aromatic N) is 4. The molecule has 0 fully saturated rings. The second kappa shape index (κ2) is 8.13. The van der Waals surface area contributed by atoms with Gasteiger partial charge in [-0.25, -0.2) is 4.98 Å². The van der Waals surface area contributed by atoms with Gasteiger partial charge in [0, 0.05) is 35.3 Å². The van der Waals surface area contributed by atoms with Crippen molar-refractivity contribution in [1.82, 2.24) is 14.5 Å². The van der Waals surface area contributed by atoms with Crippen molar-refractivity contribution in [3.8, 4) is 28.8 Å². The SMILES string of the molecule is O=[N+]([O-])c1cn2c(n1)OCC(COc1ccc(-c3ccc(OC(F)(F)F)cc3)cn1)C2. The molecule has 1 aliphatic heterocycles. The van der Waals surface area contributed by atoms with Gasteiger partial charge in [-0.2, -0.15) is 0 Å².